The van der Waals surface area contributed by atoms with Crippen LogP contribution in [0.1, 0.15) is 34.8 Å². The minimum absolute atomic E-state index is 0.0442. The summed E-state index contributed by atoms with van der Waals surface area (Å²) in [6, 6.07) is 2.44. The van der Waals surface area contributed by atoms with E-state index in [-0.39, 0.29) is 16.9 Å². The number of thiazole rings is 1. The van der Waals surface area contributed by atoms with Crippen LogP contribution < -0.4 is 11.1 Å². The monoisotopic (exact) mass is 307 g/mol. The standard InChI is InChI=1S/C14H14FN3O2S/c1-20-13(19)8-4-11(9(15)5-10(8)16)17-14-18-12(6-21-14)7-2-3-7/h4-7H,2-3,16H2,1H3,(H,17,18). The second-order valence-corrected chi connectivity index (χ2v) is 5.75. The lowest BCUT2D eigenvalue weighted by Crippen LogP contribution is -2.07. The molecule has 0 bridgehead atoms. The molecule has 1 saturated carbocycles. The predicted octanol–water partition coefficient (Wildman–Crippen LogP) is 3.27. The molecule has 0 atom stereocenters. The van der Waals surface area contributed by atoms with Crippen molar-refractivity contribution in [1.82, 2.24) is 4.98 Å². The Labute approximate surface area is 124 Å². The van der Waals surface area contributed by atoms with E-state index in [1.165, 1.54) is 24.5 Å². The fourth-order valence-corrected chi connectivity index (χ4v) is 2.80. The summed E-state index contributed by atoms with van der Waals surface area (Å²) in [7, 11) is 1.25. The number of esters is 1. The molecular formula is C14H14FN3O2S. The maximum atomic E-state index is 13.9. The molecule has 1 fully saturated rings. The third-order valence-corrected chi connectivity index (χ3v) is 4.08. The van der Waals surface area contributed by atoms with Crippen LogP contribution in [0.3, 0.4) is 0 Å². The lowest BCUT2D eigenvalue weighted by molar-refractivity contribution is 0.0602. The number of halogens is 1. The fraction of sp³-hybridized carbons (Fsp3) is 0.286. The van der Waals surface area contributed by atoms with Crippen LogP contribution in [0.5, 0.6) is 0 Å². The molecule has 0 amide bonds. The first-order valence-electron chi connectivity index (χ1n) is 6.48. The zero-order valence-electron chi connectivity index (χ0n) is 11.4. The highest BCUT2D eigenvalue weighted by atomic mass is 32.1. The number of hydrogen-bond acceptors (Lipinski definition) is 6. The highest BCUT2D eigenvalue weighted by Crippen LogP contribution is 2.41. The number of nitrogens with one attached hydrogen (secondary N) is 1. The first kappa shape index (κ1) is 13.8. The average molecular weight is 307 g/mol. The van der Waals surface area contributed by atoms with Crippen LogP contribution in [-0.4, -0.2) is 18.1 Å². The number of ether oxygens (including phenoxy) is 1. The van der Waals surface area contributed by atoms with Crippen LogP contribution in [0.15, 0.2) is 17.5 Å². The molecule has 5 nitrogen and oxygen atoms in total. The van der Waals surface area contributed by atoms with Gasteiger partial charge in [-0.3, -0.25) is 0 Å². The molecular weight excluding hydrogens is 293 g/mol. The number of rotatable bonds is 4. The highest BCUT2D eigenvalue weighted by Gasteiger charge is 2.26. The minimum Gasteiger partial charge on any atom is -0.465 e. The van der Waals surface area contributed by atoms with Crippen molar-refractivity contribution in [3.63, 3.8) is 0 Å². The quantitative estimate of drug-likeness (QED) is 0.669. The number of anilines is 3. The number of hydrogen-bond donors (Lipinski definition) is 2. The third kappa shape index (κ3) is 2.82. The van der Waals surface area contributed by atoms with Crippen molar-refractivity contribution in [2.45, 2.75) is 18.8 Å². The van der Waals surface area contributed by atoms with Crippen LogP contribution in [0.2, 0.25) is 0 Å². The number of methoxy groups -OCH3 is 1. The Balaban J connectivity index is 1.87. The summed E-state index contributed by atoms with van der Waals surface area (Å²) in [6.07, 6.45) is 2.32. The molecule has 0 saturated heterocycles. The molecule has 0 aliphatic heterocycles. The molecule has 1 aliphatic carbocycles. The number of carbonyl (C=O) groups is 1. The lowest BCUT2D eigenvalue weighted by Gasteiger charge is -2.09. The van der Waals surface area contributed by atoms with Crippen LogP contribution in [0.25, 0.3) is 0 Å². The summed E-state index contributed by atoms with van der Waals surface area (Å²) in [5.41, 5.74) is 6.99. The van der Waals surface area contributed by atoms with Gasteiger partial charge in [0.15, 0.2) is 5.13 Å². The van der Waals surface area contributed by atoms with Gasteiger partial charge in [0, 0.05) is 17.0 Å². The van der Waals surface area contributed by atoms with E-state index in [1.54, 1.807) is 0 Å². The number of benzene rings is 1. The van der Waals surface area contributed by atoms with Crippen molar-refractivity contribution in [1.29, 1.82) is 0 Å². The molecule has 1 aliphatic rings. The predicted molar refractivity (Wildman–Crippen MR) is 79.5 cm³/mol. The van der Waals surface area contributed by atoms with E-state index < -0.39 is 11.8 Å². The highest BCUT2D eigenvalue weighted by molar-refractivity contribution is 7.13. The van der Waals surface area contributed by atoms with Gasteiger partial charge in [-0.1, -0.05) is 0 Å². The van der Waals surface area contributed by atoms with E-state index >= 15 is 0 Å². The van der Waals surface area contributed by atoms with Crippen molar-refractivity contribution in [2.75, 3.05) is 18.2 Å². The topological polar surface area (TPSA) is 77.2 Å². The van der Waals surface area contributed by atoms with Gasteiger partial charge in [0.1, 0.15) is 5.82 Å². The second-order valence-electron chi connectivity index (χ2n) is 4.89. The molecule has 110 valence electrons. The fourth-order valence-electron chi connectivity index (χ4n) is 2.00. The number of carbonyl (C=O) groups excluding carboxylic acids is 1. The van der Waals surface area contributed by atoms with Gasteiger partial charge < -0.3 is 15.8 Å². The Kier molecular flexibility index (Phi) is 3.50. The van der Waals surface area contributed by atoms with Gasteiger partial charge in [-0.05, 0) is 25.0 Å². The van der Waals surface area contributed by atoms with Gasteiger partial charge in [-0.2, -0.15) is 0 Å². The summed E-state index contributed by atoms with van der Waals surface area (Å²) in [4.78, 5) is 16.0. The van der Waals surface area contributed by atoms with E-state index in [0.717, 1.165) is 24.6 Å². The van der Waals surface area contributed by atoms with Gasteiger partial charge in [0.2, 0.25) is 0 Å². The van der Waals surface area contributed by atoms with Crippen molar-refractivity contribution in [3.05, 3.63) is 34.6 Å². The van der Waals surface area contributed by atoms with E-state index in [0.29, 0.717) is 11.0 Å². The molecule has 1 aromatic heterocycles. The molecule has 7 heteroatoms. The minimum atomic E-state index is -0.603. The van der Waals surface area contributed by atoms with Crippen LogP contribution in [0.4, 0.5) is 20.9 Å². The summed E-state index contributed by atoms with van der Waals surface area (Å²) in [5, 5.41) is 5.45. The molecule has 0 radical (unpaired) electrons. The van der Waals surface area contributed by atoms with Gasteiger partial charge in [-0.25, -0.2) is 14.2 Å². The summed E-state index contributed by atoms with van der Waals surface area (Å²) < 4.78 is 18.6. The third-order valence-electron chi connectivity index (χ3n) is 3.30. The first-order chi connectivity index (χ1) is 10.1. The molecule has 21 heavy (non-hydrogen) atoms. The van der Waals surface area contributed by atoms with Crippen LogP contribution in [-0.2, 0) is 4.74 Å². The van der Waals surface area contributed by atoms with Gasteiger partial charge >= 0.3 is 5.97 Å². The normalized spacial score (nSPS) is 14.0. The Bertz CT molecular complexity index is 698. The number of nitrogens with zero attached hydrogens (tertiary/aromatic N) is 1. The molecule has 1 aromatic carbocycles. The molecule has 0 spiro atoms. The van der Waals surface area contributed by atoms with Crippen LogP contribution in [0, 0.1) is 5.82 Å². The maximum absolute atomic E-state index is 13.9. The first-order valence-corrected chi connectivity index (χ1v) is 7.36. The van der Waals surface area contributed by atoms with Crippen molar-refractivity contribution in [3.8, 4) is 0 Å². The molecule has 1 heterocycles. The summed E-state index contributed by atoms with van der Waals surface area (Å²) in [5.74, 6) is -0.602. The molecule has 3 N–H and O–H groups in total. The van der Waals surface area contributed by atoms with Crippen molar-refractivity contribution < 1.29 is 13.9 Å². The van der Waals surface area contributed by atoms with Crippen LogP contribution >= 0.6 is 11.3 Å². The SMILES string of the molecule is COC(=O)c1cc(Nc2nc(C3CC3)cs2)c(F)cc1N. The molecule has 3 rings (SSSR count). The Hall–Kier alpha value is -2.15. The maximum Gasteiger partial charge on any atom is 0.340 e. The van der Waals surface area contributed by atoms with Gasteiger partial charge in [0.05, 0.1) is 24.1 Å². The van der Waals surface area contributed by atoms with Gasteiger partial charge in [-0.15, -0.1) is 11.3 Å². The van der Waals surface area contributed by atoms with Crippen molar-refractivity contribution in [2.24, 2.45) is 0 Å². The number of aromatic nitrogens is 1. The van der Waals surface area contributed by atoms with Gasteiger partial charge in [0.25, 0.3) is 0 Å². The lowest BCUT2D eigenvalue weighted by atomic mass is 10.1. The Morgan fingerprint density at radius 1 is 1.52 bits per heavy atom. The van der Waals surface area contributed by atoms with E-state index in [2.05, 4.69) is 15.0 Å². The number of nitrogen functional groups attached to an aromatic ring is 1. The van der Waals surface area contributed by atoms with E-state index in [4.69, 9.17) is 5.73 Å². The average Bonchev–Trinajstić information content (AvgIpc) is 3.21. The molecule has 2 aromatic rings. The molecule has 0 unspecified atom stereocenters. The van der Waals surface area contributed by atoms with Crippen molar-refractivity contribution >= 4 is 33.8 Å². The van der Waals surface area contributed by atoms with E-state index in [1.807, 2.05) is 5.38 Å². The zero-order chi connectivity index (χ0) is 15.0. The second kappa shape index (κ2) is 5.33. The smallest absolute Gasteiger partial charge is 0.340 e. The summed E-state index contributed by atoms with van der Waals surface area (Å²) >= 11 is 1.41. The number of nitrogens with two attached hydrogens (primary N) is 1. The summed E-state index contributed by atoms with van der Waals surface area (Å²) in [6.45, 7) is 0. The zero-order valence-corrected chi connectivity index (χ0v) is 12.2. The Morgan fingerprint density at radius 3 is 2.95 bits per heavy atom. The largest absolute Gasteiger partial charge is 0.465 e. The Morgan fingerprint density at radius 2 is 2.29 bits per heavy atom. The van der Waals surface area contributed by atoms with E-state index in [9.17, 15) is 9.18 Å².